The van der Waals surface area contributed by atoms with Crippen LogP contribution in [0, 0.1) is 48.8 Å². The third-order valence-corrected chi connectivity index (χ3v) is 18.0. The van der Waals surface area contributed by atoms with E-state index in [2.05, 4.69) is 41.5 Å². The summed E-state index contributed by atoms with van der Waals surface area (Å²) in [5.41, 5.74) is 1.29. The van der Waals surface area contributed by atoms with Crippen LogP contribution in [0.1, 0.15) is 84.1 Å². The molecule has 100 heavy (non-hydrogen) atoms. The fourth-order valence-electron chi connectivity index (χ4n) is 12.4. The van der Waals surface area contributed by atoms with Crippen molar-refractivity contribution in [2.45, 2.75) is 100 Å². The summed E-state index contributed by atoms with van der Waals surface area (Å²) in [5.74, 6) is -8.64. The SMILES string of the molecule is Cc1nc([C@H]2OC3CO[C@H](c4ccccc4)OC3[C@@H](n3cc(-c4cc(F)c(F)c(F)c4)nn3)[C@@H]2OC(=O)NCCCCNC(=O)O[C@@H]2[C@@H](n3cc(-c4cc(F)c(F)c(F)c4)nn3)[C@H]3O[C@@H](c4ccccc4)OC[C@H]3O[C@H]2c2nc(C)nn2-c2cc(Cl)ccc2Cl)n(-c2cc(Cl)ccc2Cl)n1. The monoisotopic (exact) mass is 1460 g/mol. The van der Waals surface area contributed by atoms with Crippen molar-refractivity contribution in [2.75, 3.05) is 26.3 Å². The number of hydrogen-bond acceptors (Lipinski definition) is 18. The number of benzene rings is 6. The molecule has 6 aromatic carbocycles. The number of nitrogens with zero attached hydrogens (tertiary/aromatic N) is 12. The Morgan fingerprint density at radius 2 is 0.920 bits per heavy atom. The number of ether oxygens (including phenoxy) is 8. The maximum absolute atomic E-state index is 14.8. The van der Waals surface area contributed by atoms with Crippen LogP contribution in [0.25, 0.3) is 33.9 Å². The zero-order valence-electron chi connectivity index (χ0n) is 52.1. The van der Waals surface area contributed by atoms with Gasteiger partial charge >= 0.3 is 12.2 Å². The largest absolute Gasteiger partial charge is 0.441 e. The molecule has 4 aliphatic rings. The smallest absolute Gasteiger partial charge is 0.407 e. The van der Waals surface area contributed by atoms with E-state index in [1.165, 1.54) is 31.1 Å². The second-order valence-corrected chi connectivity index (χ2v) is 25.2. The lowest BCUT2D eigenvalue weighted by Gasteiger charge is -2.48. The fourth-order valence-corrected chi connectivity index (χ4v) is 13.1. The van der Waals surface area contributed by atoms with Crippen LogP contribution < -0.4 is 10.6 Å². The van der Waals surface area contributed by atoms with E-state index >= 15 is 0 Å². The Balaban J connectivity index is 0.737. The predicted molar refractivity (Wildman–Crippen MR) is 342 cm³/mol. The van der Waals surface area contributed by atoms with Crippen molar-refractivity contribution in [1.29, 1.82) is 0 Å². The minimum Gasteiger partial charge on any atom is -0.441 e. The Bertz CT molecular complexity index is 4350. The van der Waals surface area contributed by atoms with Gasteiger partial charge < -0.3 is 48.5 Å². The first-order valence-electron chi connectivity index (χ1n) is 31.1. The molecule has 10 aromatic rings. The second kappa shape index (κ2) is 28.9. The first-order valence-corrected chi connectivity index (χ1v) is 32.6. The summed E-state index contributed by atoms with van der Waals surface area (Å²) in [5, 5.41) is 33.0. The zero-order valence-corrected chi connectivity index (χ0v) is 55.1. The van der Waals surface area contributed by atoms with Crippen molar-refractivity contribution >= 4 is 58.6 Å². The molecule has 2 N–H and O–H groups in total. The first-order chi connectivity index (χ1) is 48.3. The van der Waals surface area contributed by atoms with Crippen LogP contribution in [0.15, 0.2) is 134 Å². The third kappa shape index (κ3) is 14.0. The van der Waals surface area contributed by atoms with E-state index in [9.17, 15) is 35.9 Å². The zero-order chi connectivity index (χ0) is 69.6. The summed E-state index contributed by atoms with van der Waals surface area (Å²) in [4.78, 5) is 38.6. The topological polar surface area (TPSA) is 255 Å². The maximum atomic E-state index is 14.8. The standard InChI is InChI=1S/C66H54Cl4F6N14O10/c1-31-79-61(89(83-31)47-25-37(67)15-17-39(47)69)59-57(53(55-49(95-59)29-93-63(97-55)33-11-5-3-6-12-33)87-27-45(81-85-87)35-21-41(71)51(75)42(72)22-35)99-65(91)77-19-9-10-20-78-66(92)100-58-54(88-28-46(82-86-88)36-23-43(73)52(76)44(74)24-36)56-50(30-94-64(98-56)34-13-7-4-8-14-34)96-60(58)62-80-32(2)84-90(62)48-26-38(68)16-18-40(48)70/h3-8,11-18,21-28,49-50,53-60,63-64H,9-10,19-20,29-30H2,1-2H3,(H,77,91)(H,78,92)/t49-,50?,53+,54-,55+,56?,57-,58+,59-,60+,63+,64+/m1/s1. The molecule has 12 atom stereocenters. The maximum Gasteiger partial charge on any atom is 0.407 e. The number of unbranched alkanes of at least 4 members (excludes halogenated alkanes) is 1. The molecule has 34 heteroatoms. The Morgan fingerprint density at radius 3 is 1.31 bits per heavy atom. The van der Waals surface area contributed by atoms with Gasteiger partial charge in [0.05, 0.1) is 47.0 Å². The molecule has 4 fully saturated rings. The van der Waals surface area contributed by atoms with E-state index in [-0.39, 0.29) is 106 Å². The predicted octanol–water partition coefficient (Wildman–Crippen LogP) is 12.7. The molecule has 2 unspecified atom stereocenters. The highest BCUT2D eigenvalue weighted by molar-refractivity contribution is 6.35. The summed E-state index contributed by atoms with van der Waals surface area (Å²) in [6, 6.07) is 27.9. The van der Waals surface area contributed by atoms with E-state index in [1.807, 2.05) is 12.1 Å². The van der Waals surface area contributed by atoms with Crippen LogP contribution in [-0.4, -0.2) is 135 Å². The number of nitrogens with one attached hydrogen (secondary N) is 2. The van der Waals surface area contributed by atoms with Crippen LogP contribution in [0.2, 0.25) is 20.1 Å². The molecule has 0 saturated carbocycles. The molecule has 24 nitrogen and oxygen atoms in total. The molecular weight excluding hydrogens is 1400 g/mol. The van der Waals surface area contributed by atoms with Crippen molar-refractivity contribution in [2.24, 2.45) is 0 Å². The van der Waals surface area contributed by atoms with Crippen LogP contribution in [0.5, 0.6) is 0 Å². The summed E-state index contributed by atoms with van der Waals surface area (Å²) >= 11 is 26.6. The summed E-state index contributed by atoms with van der Waals surface area (Å²) in [6.07, 6.45) is -10.7. The van der Waals surface area contributed by atoms with E-state index in [0.29, 0.717) is 21.2 Å². The van der Waals surface area contributed by atoms with Crippen molar-refractivity contribution in [3.63, 3.8) is 0 Å². The molecular formula is C66H54Cl4F6N14O10. The number of aryl methyl sites for hydroxylation is 2. The summed E-state index contributed by atoms with van der Waals surface area (Å²) in [7, 11) is 0. The summed E-state index contributed by atoms with van der Waals surface area (Å²) in [6.45, 7) is 2.93. The Labute approximate surface area is 583 Å². The fraction of sp³-hybridized carbons (Fsp3) is 0.303. The number of hydrogen-bond donors (Lipinski definition) is 2. The molecule has 0 aliphatic carbocycles. The van der Waals surface area contributed by atoms with E-state index < -0.39 is 121 Å². The van der Waals surface area contributed by atoms with Gasteiger partial charge in [-0.25, -0.2) is 64.6 Å². The van der Waals surface area contributed by atoms with Gasteiger partial charge in [-0.05, 0) is 87.4 Å². The van der Waals surface area contributed by atoms with Crippen LogP contribution in [0.3, 0.4) is 0 Å². The number of fused-ring (bicyclic) bond motifs is 2. The van der Waals surface area contributed by atoms with Gasteiger partial charge in [0.25, 0.3) is 0 Å². The second-order valence-electron chi connectivity index (χ2n) is 23.6. The quantitative estimate of drug-likeness (QED) is 0.0488. The molecule has 518 valence electrons. The normalized spacial score (nSPS) is 23.5. The van der Waals surface area contributed by atoms with Gasteiger partial charge in [0, 0.05) is 45.4 Å². The lowest BCUT2D eigenvalue weighted by atomic mass is 9.90. The van der Waals surface area contributed by atoms with Gasteiger partial charge in [-0.2, -0.15) is 10.2 Å². The van der Waals surface area contributed by atoms with E-state index in [4.69, 9.17) is 94.3 Å². The van der Waals surface area contributed by atoms with Crippen molar-refractivity contribution in [3.8, 4) is 33.9 Å². The highest BCUT2D eigenvalue weighted by Crippen LogP contribution is 2.48. The molecule has 4 saturated heterocycles. The van der Waals surface area contributed by atoms with Gasteiger partial charge in [-0.1, -0.05) is 117 Å². The number of carbonyl (C=O) groups is 2. The minimum atomic E-state index is -1.69. The number of halogens is 10. The number of aromatic nitrogens is 12. The van der Waals surface area contributed by atoms with Crippen LogP contribution in [-0.2, 0) is 37.9 Å². The lowest BCUT2D eigenvalue weighted by molar-refractivity contribution is -0.318. The molecule has 8 heterocycles. The molecule has 4 aliphatic heterocycles. The molecule has 14 rings (SSSR count). The van der Waals surface area contributed by atoms with Gasteiger partial charge in [0.2, 0.25) is 0 Å². The molecule has 0 radical (unpaired) electrons. The highest BCUT2D eigenvalue weighted by atomic mass is 35.5. The van der Waals surface area contributed by atoms with Gasteiger partial charge in [-0.3, -0.25) is 0 Å². The number of carbonyl (C=O) groups excluding carboxylic acids is 2. The van der Waals surface area contributed by atoms with E-state index in [1.54, 1.807) is 98.8 Å². The molecule has 2 amide bonds. The Morgan fingerprint density at radius 1 is 0.530 bits per heavy atom. The van der Waals surface area contributed by atoms with Crippen molar-refractivity contribution < 1.29 is 73.8 Å². The summed E-state index contributed by atoms with van der Waals surface area (Å²) < 4.78 is 145. The van der Waals surface area contributed by atoms with Crippen LogP contribution >= 0.6 is 46.4 Å². The molecule has 0 spiro atoms. The first kappa shape index (κ1) is 68.1. The Hall–Kier alpha value is -9.08. The minimum absolute atomic E-state index is 0.0588. The lowest BCUT2D eigenvalue weighted by Crippen LogP contribution is -2.58. The highest BCUT2D eigenvalue weighted by Gasteiger charge is 2.57. The van der Waals surface area contributed by atoms with Crippen molar-refractivity contribution in [1.82, 2.24) is 70.2 Å². The number of amides is 2. The average Bonchev–Trinajstić information content (AvgIpc) is 1.38. The number of alkyl carbamates (subject to hydrolysis) is 2. The molecule has 4 aromatic heterocycles. The van der Waals surface area contributed by atoms with Gasteiger partial charge in [-0.15, -0.1) is 10.2 Å². The Kier molecular flexibility index (Phi) is 19.7. The third-order valence-electron chi connectivity index (χ3n) is 16.9. The van der Waals surface area contributed by atoms with Crippen LogP contribution in [0.4, 0.5) is 35.9 Å². The average molecular weight is 1460 g/mol. The molecule has 0 bridgehead atoms. The van der Waals surface area contributed by atoms with Gasteiger partial charge in [0.15, 0.2) is 83.5 Å². The number of rotatable bonds is 17. The van der Waals surface area contributed by atoms with Crippen molar-refractivity contribution in [3.05, 3.63) is 223 Å². The van der Waals surface area contributed by atoms with E-state index in [0.717, 1.165) is 24.3 Å². The van der Waals surface area contributed by atoms with Gasteiger partial charge in [0.1, 0.15) is 59.5 Å².